The van der Waals surface area contributed by atoms with Gasteiger partial charge in [0.1, 0.15) is 0 Å². The van der Waals surface area contributed by atoms with E-state index in [9.17, 15) is 10.2 Å². The standard InChI is InChI=1S/2C13H11NO.Pd/c2*15-13-9-5-4-6-11(13)10-14-12-7-2-1-3-8-12;/h2*1-10,15H;/q;;+2/p-2. The Hall–Kier alpha value is -3.52. The van der Waals surface area contributed by atoms with Gasteiger partial charge in [-0.1, -0.05) is 84.9 Å². The van der Waals surface area contributed by atoms with E-state index in [-0.39, 0.29) is 31.9 Å². The smallest absolute Gasteiger partial charge is 0.872 e. The van der Waals surface area contributed by atoms with E-state index in [1.54, 1.807) is 36.7 Å². The van der Waals surface area contributed by atoms with Gasteiger partial charge in [0.25, 0.3) is 0 Å². The number of benzene rings is 4. The normalized spacial score (nSPS) is 10.3. The largest absolute Gasteiger partial charge is 2.00 e. The van der Waals surface area contributed by atoms with Crippen molar-refractivity contribution < 1.29 is 30.6 Å². The molecular weight excluding hydrogens is 479 g/mol. The molecule has 0 radical (unpaired) electrons. The number of nitrogens with zero attached hydrogens (tertiary/aromatic N) is 2. The first-order valence-corrected chi connectivity index (χ1v) is 9.43. The zero-order chi connectivity index (χ0) is 21.0. The summed E-state index contributed by atoms with van der Waals surface area (Å²) in [5, 5.41) is 22.7. The average molecular weight is 499 g/mol. The van der Waals surface area contributed by atoms with E-state index >= 15 is 0 Å². The summed E-state index contributed by atoms with van der Waals surface area (Å²) in [6, 6.07) is 32.8. The van der Waals surface area contributed by atoms with Gasteiger partial charge in [0.05, 0.1) is 11.4 Å². The molecule has 0 spiro atoms. The SMILES string of the molecule is [O-]c1ccccc1C=Nc1ccccc1.[O-]c1ccccc1C=Nc1ccccc1.[Pd+2]. The summed E-state index contributed by atoms with van der Waals surface area (Å²) >= 11 is 0. The quantitative estimate of drug-likeness (QED) is 0.293. The van der Waals surface area contributed by atoms with Crippen LogP contribution in [0.4, 0.5) is 11.4 Å². The van der Waals surface area contributed by atoms with Crippen molar-refractivity contribution in [2.45, 2.75) is 0 Å². The Morgan fingerprint density at radius 1 is 0.452 bits per heavy atom. The summed E-state index contributed by atoms with van der Waals surface area (Å²) in [5.41, 5.74) is 2.92. The molecule has 0 atom stereocenters. The van der Waals surface area contributed by atoms with E-state index in [1.165, 1.54) is 12.1 Å². The van der Waals surface area contributed by atoms with Crippen LogP contribution in [0, 0.1) is 0 Å². The first kappa shape index (κ1) is 23.8. The molecule has 0 aliphatic rings. The average Bonchev–Trinajstić information content (AvgIpc) is 2.80. The summed E-state index contributed by atoms with van der Waals surface area (Å²) in [7, 11) is 0. The number of hydrogen-bond donors (Lipinski definition) is 0. The molecule has 0 heterocycles. The van der Waals surface area contributed by atoms with Crippen molar-refractivity contribution >= 4 is 23.8 Å². The van der Waals surface area contributed by atoms with Crippen LogP contribution in [-0.4, -0.2) is 12.4 Å². The van der Waals surface area contributed by atoms with Gasteiger partial charge in [0.2, 0.25) is 0 Å². The van der Waals surface area contributed by atoms with Crippen molar-refractivity contribution in [3.8, 4) is 11.5 Å². The third kappa shape index (κ3) is 8.02. The molecule has 0 saturated heterocycles. The molecule has 5 heteroatoms. The van der Waals surface area contributed by atoms with Gasteiger partial charge in [-0.05, 0) is 35.4 Å². The molecule has 4 aromatic rings. The fraction of sp³-hybridized carbons (Fsp3) is 0. The van der Waals surface area contributed by atoms with Gasteiger partial charge in [-0.25, -0.2) is 0 Å². The minimum Gasteiger partial charge on any atom is -0.872 e. The van der Waals surface area contributed by atoms with Crippen LogP contribution < -0.4 is 10.2 Å². The summed E-state index contributed by atoms with van der Waals surface area (Å²) < 4.78 is 0. The van der Waals surface area contributed by atoms with Gasteiger partial charge < -0.3 is 10.2 Å². The Labute approximate surface area is 195 Å². The molecule has 156 valence electrons. The summed E-state index contributed by atoms with van der Waals surface area (Å²) in [6.45, 7) is 0. The van der Waals surface area contributed by atoms with E-state index < -0.39 is 0 Å². The molecule has 4 rings (SSSR count). The molecule has 0 unspecified atom stereocenters. The molecule has 4 aromatic carbocycles. The van der Waals surface area contributed by atoms with Gasteiger partial charge in [-0.15, -0.1) is 11.5 Å². The second kappa shape index (κ2) is 12.9. The van der Waals surface area contributed by atoms with Gasteiger partial charge in [-0.2, -0.15) is 0 Å². The molecule has 0 aromatic heterocycles. The third-order valence-corrected chi connectivity index (χ3v) is 4.06. The third-order valence-electron chi connectivity index (χ3n) is 4.06. The topological polar surface area (TPSA) is 70.8 Å². The van der Waals surface area contributed by atoms with Gasteiger partial charge in [0.15, 0.2) is 0 Å². The molecule has 4 nitrogen and oxygen atoms in total. The van der Waals surface area contributed by atoms with Crippen molar-refractivity contribution in [2.75, 3.05) is 0 Å². The fourth-order valence-electron chi connectivity index (χ4n) is 2.49. The molecule has 0 bridgehead atoms. The minimum atomic E-state index is -0.00261. The maximum atomic E-state index is 11.3. The molecule has 0 aliphatic heterocycles. The summed E-state index contributed by atoms with van der Waals surface area (Å²) in [5.74, 6) is -0.00522. The van der Waals surface area contributed by atoms with Crippen LogP contribution in [0.3, 0.4) is 0 Å². The molecule has 0 N–H and O–H groups in total. The number of rotatable bonds is 4. The Morgan fingerprint density at radius 2 is 0.774 bits per heavy atom. The Balaban J connectivity index is 0.000000213. The van der Waals surface area contributed by atoms with Crippen LogP contribution in [0.5, 0.6) is 11.5 Å². The van der Waals surface area contributed by atoms with E-state index in [0.29, 0.717) is 11.1 Å². The van der Waals surface area contributed by atoms with Crippen molar-refractivity contribution in [1.29, 1.82) is 0 Å². The number of aliphatic imine (C=N–C) groups is 2. The Kier molecular flexibility index (Phi) is 9.90. The second-order valence-corrected chi connectivity index (χ2v) is 6.26. The molecule has 0 aliphatic carbocycles. The van der Waals surface area contributed by atoms with E-state index in [2.05, 4.69) is 9.98 Å². The minimum absolute atomic E-state index is 0. The second-order valence-electron chi connectivity index (χ2n) is 6.26. The van der Waals surface area contributed by atoms with Gasteiger partial charge in [-0.3, -0.25) is 9.98 Å². The molecular formula is C26H20N2O2Pd. The zero-order valence-electron chi connectivity index (χ0n) is 16.6. The molecule has 31 heavy (non-hydrogen) atoms. The van der Waals surface area contributed by atoms with E-state index in [4.69, 9.17) is 0 Å². The maximum absolute atomic E-state index is 11.3. The predicted octanol–water partition coefficient (Wildman–Crippen LogP) is 5.02. The van der Waals surface area contributed by atoms with Crippen LogP contribution >= 0.6 is 0 Å². The van der Waals surface area contributed by atoms with Crippen LogP contribution in [0.15, 0.2) is 119 Å². The van der Waals surface area contributed by atoms with Crippen LogP contribution in [0.25, 0.3) is 0 Å². The van der Waals surface area contributed by atoms with Gasteiger partial charge in [0, 0.05) is 12.4 Å². The first-order chi connectivity index (χ1) is 14.7. The van der Waals surface area contributed by atoms with Crippen molar-refractivity contribution in [1.82, 2.24) is 0 Å². The van der Waals surface area contributed by atoms with Crippen molar-refractivity contribution in [2.24, 2.45) is 9.98 Å². The van der Waals surface area contributed by atoms with Crippen molar-refractivity contribution in [3.05, 3.63) is 120 Å². The van der Waals surface area contributed by atoms with Gasteiger partial charge >= 0.3 is 20.4 Å². The Bertz CT molecular complexity index is 1020. The van der Waals surface area contributed by atoms with E-state index in [1.807, 2.05) is 72.8 Å². The fourth-order valence-corrected chi connectivity index (χ4v) is 2.49. The molecule has 0 amide bonds. The maximum Gasteiger partial charge on any atom is 2.00 e. The zero-order valence-corrected chi connectivity index (χ0v) is 18.1. The summed E-state index contributed by atoms with van der Waals surface area (Å²) in [6.07, 6.45) is 3.19. The predicted molar refractivity (Wildman–Crippen MR) is 119 cm³/mol. The summed E-state index contributed by atoms with van der Waals surface area (Å²) in [4.78, 5) is 8.42. The number of hydrogen-bond acceptors (Lipinski definition) is 4. The Morgan fingerprint density at radius 3 is 1.13 bits per heavy atom. The first-order valence-electron chi connectivity index (χ1n) is 9.43. The van der Waals surface area contributed by atoms with E-state index in [0.717, 1.165) is 11.4 Å². The molecule has 0 saturated carbocycles. The van der Waals surface area contributed by atoms with Crippen LogP contribution in [-0.2, 0) is 20.4 Å². The van der Waals surface area contributed by atoms with Crippen molar-refractivity contribution in [3.63, 3.8) is 0 Å². The monoisotopic (exact) mass is 498 g/mol. The van der Waals surface area contributed by atoms with Crippen LogP contribution in [0.1, 0.15) is 11.1 Å². The molecule has 0 fully saturated rings. The van der Waals surface area contributed by atoms with Crippen LogP contribution in [0.2, 0.25) is 0 Å². The number of para-hydroxylation sites is 4.